The summed E-state index contributed by atoms with van der Waals surface area (Å²) in [5.74, 6) is 0.615. The number of nitrogens with zero attached hydrogens (tertiary/aromatic N) is 2. The lowest BCUT2D eigenvalue weighted by Crippen LogP contribution is -2.13. The van der Waals surface area contributed by atoms with Gasteiger partial charge in [0.05, 0.1) is 12.2 Å². The first-order chi connectivity index (χ1) is 14.0. The zero-order valence-corrected chi connectivity index (χ0v) is 16.1. The van der Waals surface area contributed by atoms with E-state index in [2.05, 4.69) is 25.9 Å². The summed E-state index contributed by atoms with van der Waals surface area (Å²) in [5, 5.41) is 8.53. The highest BCUT2D eigenvalue weighted by atomic mass is 16.5. The minimum Gasteiger partial charge on any atom is -0.494 e. The molecule has 0 aliphatic carbocycles. The molecule has 0 atom stereocenters. The molecule has 3 N–H and O–H groups in total. The molecule has 148 valence electrons. The smallest absolute Gasteiger partial charge is 0.258 e. The molecule has 3 rings (SSSR count). The second kappa shape index (κ2) is 9.32. The van der Waals surface area contributed by atoms with Gasteiger partial charge in [-0.1, -0.05) is 6.07 Å². The quantitative estimate of drug-likeness (QED) is 0.565. The fourth-order valence-electron chi connectivity index (χ4n) is 2.52. The SMILES string of the molecule is CCOc1ccc(NC(=O)c2cnc(Nc3cccc(NC(C)=O)c3)nc2)cc1. The van der Waals surface area contributed by atoms with E-state index >= 15 is 0 Å². The van der Waals surface area contributed by atoms with Crippen LogP contribution in [-0.2, 0) is 4.79 Å². The Morgan fingerprint density at radius 3 is 2.28 bits per heavy atom. The number of ether oxygens (including phenoxy) is 1. The number of amides is 2. The van der Waals surface area contributed by atoms with Crippen LogP contribution in [0.15, 0.2) is 60.9 Å². The lowest BCUT2D eigenvalue weighted by Gasteiger charge is -2.09. The number of anilines is 4. The molecule has 0 fully saturated rings. The van der Waals surface area contributed by atoms with E-state index in [1.165, 1.54) is 19.3 Å². The predicted octanol–water partition coefficient (Wildman–Crippen LogP) is 3.83. The van der Waals surface area contributed by atoms with E-state index in [9.17, 15) is 9.59 Å². The van der Waals surface area contributed by atoms with E-state index in [0.29, 0.717) is 35.2 Å². The molecule has 0 unspecified atom stereocenters. The molecule has 0 radical (unpaired) electrons. The van der Waals surface area contributed by atoms with Crippen molar-refractivity contribution in [2.75, 3.05) is 22.6 Å². The van der Waals surface area contributed by atoms with Gasteiger partial charge < -0.3 is 20.7 Å². The number of hydrogen-bond donors (Lipinski definition) is 3. The van der Waals surface area contributed by atoms with Crippen LogP contribution in [0.5, 0.6) is 5.75 Å². The van der Waals surface area contributed by atoms with E-state index in [1.807, 2.05) is 13.0 Å². The number of hydrogen-bond acceptors (Lipinski definition) is 6. The number of nitrogens with one attached hydrogen (secondary N) is 3. The van der Waals surface area contributed by atoms with Gasteiger partial charge in [0.1, 0.15) is 5.75 Å². The number of benzene rings is 2. The Morgan fingerprint density at radius 1 is 0.931 bits per heavy atom. The number of aromatic nitrogens is 2. The third-order valence-electron chi connectivity index (χ3n) is 3.78. The normalized spacial score (nSPS) is 10.1. The van der Waals surface area contributed by atoms with Crippen LogP contribution >= 0.6 is 0 Å². The van der Waals surface area contributed by atoms with Gasteiger partial charge in [-0.05, 0) is 49.4 Å². The van der Waals surface area contributed by atoms with Crippen molar-refractivity contribution < 1.29 is 14.3 Å². The van der Waals surface area contributed by atoms with Crippen molar-refractivity contribution >= 4 is 34.8 Å². The predicted molar refractivity (Wildman–Crippen MR) is 112 cm³/mol. The van der Waals surface area contributed by atoms with Crippen LogP contribution in [0.25, 0.3) is 0 Å². The zero-order valence-electron chi connectivity index (χ0n) is 16.1. The van der Waals surface area contributed by atoms with Crippen LogP contribution in [-0.4, -0.2) is 28.4 Å². The minimum atomic E-state index is -0.312. The molecule has 8 nitrogen and oxygen atoms in total. The number of carbonyl (C=O) groups excluding carboxylic acids is 2. The Morgan fingerprint density at radius 2 is 1.62 bits per heavy atom. The second-order valence-corrected chi connectivity index (χ2v) is 6.09. The van der Waals surface area contributed by atoms with Gasteiger partial charge in [-0.25, -0.2) is 9.97 Å². The summed E-state index contributed by atoms with van der Waals surface area (Å²) in [4.78, 5) is 31.9. The highest BCUT2D eigenvalue weighted by molar-refractivity contribution is 6.03. The molecule has 0 aliphatic rings. The highest BCUT2D eigenvalue weighted by Gasteiger charge is 2.08. The molecule has 0 bridgehead atoms. The average molecular weight is 391 g/mol. The maximum atomic E-state index is 12.4. The Balaban J connectivity index is 1.62. The van der Waals surface area contributed by atoms with Crippen LogP contribution in [0.4, 0.5) is 23.0 Å². The average Bonchev–Trinajstić information content (AvgIpc) is 2.70. The first-order valence-corrected chi connectivity index (χ1v) is 9.04. The maximum absolute atomic E-state index is 12.4. The summed E-state index contributed by atoms with van der Waals surface area (Å²) < 4.78 is 5.38. The molecule has 29 heavy (non-hydrogen) atoms. The van der Waals surface area contributed by atoms with E-state index < -0.39 is 0 Å². The van der Waals surface area contributed by atoms with Crippen molar-refractivity contribution in [1.29, 1.82) is 0 Å². The first-order valence-electron chi connectivity index (χ1n) is 9.04. The molecule has 0 spiro atoms. The lowest BCUT2D eigenvalue weighted by molar-refractivity contribution is -0.114. The topological polar surface area (TPSA) is 105 Å². The summed E-state index contributed by atoms with van der Waals surface area (Å²) in [7, 11) is 0. The monoisotopic (exact) mass is 391 g/mol. The Kier molecular flexibility index (Phi) is 6.36. The summed E-state index contributed by atoms with van der Waals surface area (Å²) in [6.45, 7) is 3.94. The second-order valence-electron chi connectivity index (χ2n) is 6.09. The Hall–Kier alpha value is -3.94. The molecule has 8 heteroatoms. The van der Waals surface area contributed by atoms with Gasteiger partial charge in [-0.3, -0.25) is 9.59 Å². The lowest BCUT2D eigenvalue weighted by atomic mass is 10.2. The summed E-state index contributed by atoms with van der Waals surface area (Å²) in [6.07, 6.45) is 2.88. The molecule has 3 aromatic rings. The van der Waals surface area contributed by atoms with Gasteiger partial charge in [0, 0.05) is 36.4 Å². The van der Waals surface area contributed by atoms with Gasteiger partial charge in [0.25, 0.3) is 5.91 Å². The van der Waals surface area contributed by atoms with Crippen molar-refractivity contribution in [3.8, 4) is 5.75 Å². The van der Waals surface area contributed by atoms with E-state index in [1.54, 1.807) is 42.5 Å². The van der Waals surface area contributed by atoms with Gasteiger partial charge in [0.15, 0.2) is 0 Å². The van der Waals surface area contributed by atoms with Gasteiger partial charge >= 0.3 is 0 Å². The highest BCUT2D eigenvalue weighted by Crippen LogP contribution is 2.19. The van der Waals surface area contributed by atoms with E-state index in [-0.39, 0.29) is 11.8 Å². The van der Waals surface area contributed by atoms with Gasteiger partial charge in [-0.2, -0.15) is 0 Å². The third-order valence-corrected chi connectivity index (χ3v) is 3.78. The Bertz CT molecular complexity index is 988. The van der Waals surface area contributed by atoms with Crippen LogP contribution in [0, 0.1) is 0 Å². The standard InChI is InChI=1S/C21H21N5O3/c1-3-29-19-9-7-16(8-10-19)25-20(28)15-12-22-21(23-13-15)26-18-6-4-5-17(11-18)24-14(2)27/h4-13H,3H2,1-2H3,(H,24,27)(H,25,28)(H,22,23,26). The zero-order chi connectivity index (χ0) is 20.6. The molecule has 2 amide bonds. The largest absolute Gasteiger partial charge is 0.494 e. The molecule has 1 heterocycles. The van der Waals surface area contributed by atoms with Gasteiger partial charge in [-0.15, -0.1) is 0 Å². The van der Waals surface area contributed by atoms with Crippen LogP contribution in [0.3, 0.4) is 0 Å². The van der Waals surface area contributed by atoms with Crippen LogP contribution in [0.1, 0.15) is 24.2 Å². The van der Waals surface area contributed by atoms with E-state index in [0.717, 1.165) is 5.75 Å². The maximum Gasteiger partial charge on any atom is 0.258 e. The molecule has 1 aromatic heterocycles. The number of carbonyl (C=O) groups is 2. The number of rotatable bonds is 7. The first kappa shape index (κ1) is 19.8. The van der Waals surface area contributed by atoms with E-state index in [4.69, 9.17) is 4.74 Å². The molecule has 0 saturated heterocycles. The van der Waals surface area contributed by atoms with Crippen LogP contribution in [0.2, 0.25) is 0 Å². The molecular weight excluding hydrogens is 370 g/mol. The fraction of sp³-hybridized carbons (Fsp3) is 0.143. The van der Waals surface area contributed by atoms with Crippen molar-refractivity contribution in [3.05, 3.63) is 66.5 Å². The van der Waals surface area contributed by atoms with Crippen molar-refractivity contribution in [1.82, 2.24) is 9.97 Å². The van der Waals surface area contributed by atoms with Crippen molar-refractivity contribution in [2.24, 2.45) is 0 Å². The van der Waals surface area contributed by atoms with Crippen molar-refractivity contribution in [3.63, 3.8) is 0 Å². The summed E-state index contributed by atoms with van der Waals surface area (Å²) in [5.41, 5.74) is 2.35. The summed E-state index contributed by atoms with van der Waals surface area (Å²) >= 11 is 0. The third kappa shape index (κ3) is 5.77. The van der Waals surface area contributed by atoms with Crippen molar-refractivity contribution in [2.45, 2.75) is 13.8 Å². The fourth-order valence-corrected chi connectivity index (χ4v) is 2.52. The van der Waals surface area contributed by atoms with Crippen LogP contribution < -0.4 is 20.7 Å². The summed E-state index contributed by atoms with van der Waals surface area (Å²) in [6, 6.07) is 14.3. The molecule has 0 saturated carbocycles. The molecular formula is C21H21N5O3. The van der Waals surface area contributed by atoms with Gasteiger partial charge in [0.2, 0.25) is 11.9 Å². The molecule has 2 aromatic carbocycles. The molecule has 0 aliphatic heterocycles. The minimum absolute atomic E-state index is 0.152. The Labute approximate surface area is 168 Å².